The van der Waals surface area contributed by atoms with Crippen molar-refractivity contribution in [2.45, 2.75) is 91.6 Å². The van der Waals surface area contributed by atoms with E-state index in [1.807, 2.05) is 18.2 Å². The normalized spacial score (nSPS) is 10.1. The van der Waals surface area contributed by atoms with Crippen molar-refractivity contribution in [3.05, 3.63) is 34.4 Å². The average Bonchev–Trinajstić information content (AvgIpc) is 3.01. The first-order valence-electron chi connectivity index (χ1n) is 15.3. The van der Waals surface area contributed by atoms with Crippen molar-refractivity contribution in [2.24, 2.45) is 0 Å². The molecular formula is C34H44N6O6. The van der Waals surface area contributed by atoms with Crippen LogP contribution in [-0.4, -0.2) is 42.2 Å². The summed E-state index contributed by atoms with van der Waals surface area (Å²) in [4.78, 5) is 12.1. The zero-order valence-corrected chi connectivity index (χ0v) is 27.5. The Bertz CT molecular complexity index is 1490. The first-order valence-corrected chi connectivity index (χ1v) is 15.3. The summed E-state index contributed by atoms with van der Waals surface area (Å²) in [5, 5.41) is 62.3. The maximum absolute atomic E-state index is 12.1. The van der Waals surface area contributed by atoms with Crippen molar-refractivity contribution in [3.63, 3.8) is 0 Å². The zero-order valence-electron chi connectivity index (χ0n) is 27.5. The van der Waals surface area contributed by atoms with Crippen LogP contribution >= 0.6 is 0 Å². The number of carbonyl (C=O) groups excluding carboxylic acids is 1. The molecule has 0 heterocycles. The van der Waals surface area contributed by atoms with Gasteiger partial charge in [0.1, 0.15) is 41.0 Å². The molecule has 0 radical (unpaired) electrons. The van der Waals surface area contributed by atoms with Gasteiger partial charge in [-0.25, -0.2) is 4.79 Å². The number of nitriles is 4. The van der Waals surface area contributed by atoms with Crippen LogP contribution in [-0.2, 0) is 4.74 Å². The van der Waals surface area contributed by atoms with Crippen LogP contribution in [0.5, 0.6) is 23.0 Å². The second kappa shape index (κ2) is 19.8. The number of nitrogens with zero attached hydrogens (tertiary/aromatic N) is 4. The highest BCUT2D eigenvalue weighted by atomic mass is 16.7. The summed E-state index contributed by atoms with van der Waals surface area (Å²) in [5.41, 5.74) is 0.217. The summed E-state index contributed by atoms with van der Waals surface area (Å²) >= 11 is 0. The summed E-state index contributed by atoms with van der Waals surface area (Å²) in [6.45, 7) is 10.6. The van der Waals surface area contributed by atoms with Gasteiger partial charge in [-0.15, -0.1) is 0 Å². The Labute approximate surface area is 271 Å². The third-order valence-corrected chi connectivity index (χ3v) is 6.45. The molecule has 0 amide bonds. The molecule has 12 heteroatoms. The molecule has 0 atom stereocenters. The van der Waals surface area contributed by atoms with Gasteiger partial charge in [-0.2, -0.15) is 21.0 Å². The molecule has 2 rings (SSSR count). The number of nitrogens with one attached hydrogen (secondary N) is 2. The molecule has 0 bridgehead atoms. The number of ether oxygens (including phenoxy) is 3. The fourth-order valence-corrected chi connectivity index (χ4v) is 4.20. The number of hydrogen-bond donors (Lipinski definition) is 4. The molecule has 46 heavy (non-hydrogen) atoms. The lowest BCUT2D eigenvalue weighted by molar-refractivity contribution is 0.0200. The van der Waals surface area contributed by atoms with Crippen molar-refractivity contribution >= 4 is 17.5 Å². The molecule has 12 nitrogen and oxygen atoms in total. The lowest BCUT2D eigenvalue weighted by Crippen LogP contribution is -2.26. The van der Waals surface area contributed by atoms with E-state index in [0.717, 1.165) is 57.4 Å². The van der Waals surface area contributed by atoms with Crippen LogP contribution in [0, 0.1) is 45.3 Å². The average molecular weight is 633 g/mol. The van der Waals surface area contributed by atoms with E-state index in [9.17, 15) is 25.5 Å². The van der Waals surface area contributed by atoms with Crippen molar-refractivity contribution in [1.29, 1.82) is 21.0 Å². The van der Waals surface area contributed by atoms with E-state index < -0.39 is 23.3 Å². The van der Waals surface area contributed by atoms with Gasteiger partial charge in [0.05, 0.1) is 29.6 Å². The highest BCUT2D eigenvalue weighted by molar-refractivity contribution is 5.78. The molecular weight excluding hydrogens is 588 g/mol. The highest BCUT2D eigenvalue weighted by Gasteiger charge is 2.25. The Morgan fingerprint density at radius 1 is 0.783 bits per heavy atom. The topological polar surface area (TPSA) is 204 Å². The zero-order chi connectivity index (χ0) is 34.7. The molecule has 0 aliphatic rings. The lowest BCUT2D eigenvalue weighted by Gasteiger charge is -2.20. The predicted octanol–water partition coefficient (Wildman–Crippen LogP) is 7.58. The minimum Gasteiger partial charge on any atom is -0.504 e. The number of unbranched alkanes of at least 4 members (excludes halogenated alkanes) is 6. The Morgan fingerprint density at radius 2 is 1.28 bits per heavy atom. The molecule has 4 N–H and O–H groups in total. The third kappa shape index (κ3) is 12.0. The van der Waals surface area contributed by atoms with Crippen LogP contribution in [0.1, 0.15) is 108 Å². The standard InChI is InChI=1S/C20H27N3O4.C14H17N3O2/c1-6-7-8-9-10-23-17-14(12-21)11-16(25-5)18(15(17)13-22)26-19(24)27-20(2,3)4;1-2-3-4-5-6-17-13-10(8-15)7-12(18)14(19)11(13)9-16/h11,23H,6-10H2,1-5H3;7,17-19H,2-6H2,1H3. The number of rotatable bonds is 14. The van der Waals surface area contributed by atoms with Crippen LogP contribution in [0.4, 0.5) is 16.2 Å². The quantitative estimate of drug-likeness (QED) is 0.0523. The molecule has 0 aliphatic carbocycles. The van der Waals surface area contributed by atoms with Crippen LogP contribution in [0.3, 0.4) is 0 Å². The SMILES string of the molecule is CCCCCCNc1c(C#N)cc(O)c(O)c1C#N.CCCCCCNc1c(C#N)cc(OC)c(OC(=O)OC(C)(C)C)c1C#N. The molecule has 2 aromatic rings. The number of carbonyl (C=O) groups is 1. The van der Waals surface area contributed by atoms with Crippen molar-refractivity contribution in [2.75, 3.05) is 30.8 Å². The Kier molecular flexibility index (Phi) is 16.7. The Morgan fingerprint density at radius 3 is 1.72 bits per heavy atom. The number of hydrogen-bond acceptors (Lipinski definition) is 12. The Balaban J connectivity index is 0.000000489. The summed E-state index contributed by atoms with van der Waals surface area (Å²) in [7, 11) is 1.37. The predicted molar refractivity (Wildman–Crippen MR) is 174 cm³/mol. The van der Waals surface area contributed by atoms with Gasteiger partial charge in [0.25, 0.3) is 0 Å². The molecule has 0 aromatic heterocycles. The fourth-order valence-electron chi connectivity index (χ4n) is 4.20. The molecule has 0 spiro atoms. The molecule has 0 fully saturated rings. The van der Waals surface area contributed by atoms with Crippen molar-refractivity contribution in [3.8, 4) is 47.3 Å². The van der Waals surface area contributed by atoms with Gasteiger partial charge < -0.3 is 35.1 Å². The van der Waals surface area contributed by atoms with E-state index in [4.69, 9.17) is 24.7 Å². The van der Waals surface area contributed by atoms with Crippen molar-refractivity contribution in [1.82, 2.24) is 0 Å². The number of anilines is 2. The second-order valence-electron chi connectivity index (χ2n) is 11.2. The number of phenolic OH excluding ortho intramolecular Hbond substituents is 2. The van der Waals surface area contributed by atoms with Gasteiger partial charge in [0.15, 0.2) is 23.0 Å². The fraction of sp³-hybridized carbons (Fsp3) is 0.500. The maximum Gasteiger partial charge on any atom is 0.514 e. The van der Waals surface area contributed by atoms with Crippen LogP contribution in [0.2, 0.25) is 0 Å². The van der Waals surface area contributed by atoms with Gasteiger partial charge >= 0.3 is 6.16 Å². The van der Waals surface area contributed by atoms with Crippen LogP contribution in [0.15, 0.2) is 12.1 Å². The largest absolute Gasteiger partial charge is 0.514 e. The lowest BCUT2D eigenvalue weighted by atomic mass is 10.1. The van der Waals surface area contributed by atoms with Crippen molar-refractivity contribution < 1.29 is 29.2 Å². The summed E-state index contributed by atoms with van der Waals surface area (Å²) in [6, 6.07) is 10.4. The first kappa shape index (κ1) is 38.7. The molecule has 0 aliphatic heterocycles. The number of benzene rings is 2. The van der Waals surface area contributed by atoms with Gasteiger partial charge in [0.2, 0.25) is 0 Å². The second-order valence-corrected chi connectivity index (χ2v) is 11.2. The van der Waals surface area contributed by atoms with E-state index in [-0.39, 0.29) is 39.4 Å². The minimum atomic E-state index is -0.948. The Hall–Kier alpha value is -5.33. The van der Waals surface area contributed by atoms with Gasteiger partial charge in [-0.3, -0.25) is 0 Å². The van der Waals surface area contributed by atoms with E-state index in [1.165, 1.54) is 13.2 Å². The highest BCUT2D eigenvalue weighted by Crippen LogP contribution is 2.39. The van der Waals surface area contributed by atoms with Gasteiger partial charge in [-0.05, 0) is 33.6 Å². The number of methoxy groups -OCH3 is 1. The first-order chi connectivity index (χ1) is 21.9. The maximum atomic E-state index is 12.1. The summed E-state index contributed by atoms with van der Waals surface area (Å²) in [6.07, 6.45) is 7.49. The molecule has 0 saturated carbocycles. The smallest absolute Gasteiger partial charge is 0.504 e. The minimum absolute atomic E-state index is 0.0345. The number of aromatic hydroxyl groups is 2. The molecule has 246 valence electrons. The summed E-state index contributed by atoms with van der Waals surface area (Å²) in [5.74, 6) is -0.892. The molecule has 0 saturated heterocycles. The van der Waals surface area contributed by atoms with E-state index >= 15 is 0 Å². The summed E-state index contributed by atoms with van der Waals surface area (Å²) < 4.78 is 15.6. The van der Waals surface area contributed by atoms with Crippen LogP contribution in [0.25, 0.3) is 0 Å². The third-order valence-electron chi connectivity index (χ3n) is 6.45. The van der Waals surface area contributed by atoms with E-state index in [0.29, 0.717) is 18.8 Å². The molecule has 2 aromatic carbocycles. The molecule has 0 unspecified atom stereocenters. The van der Waals surface area contributed by atoms with Gasteiger partial charge in [-0.1, -0.05) is 52.4 Å². The van der Waals surface area contributed by atoms with E-state index in [1.54, 1.807) is 20.8 Å². The number of phenols is 2. The monoisotopic (exact) mass is 632 g/mol. The van der Waals surface area contributed by atoms with E-state index in [2.05, 4.69) is 30.6 Å². The van der Waals surface area contributed by atoms with Crippen LogP contribution < -0.4 is 20.1 Å². The van der Waals surface area contributed by atoms with Gasteiger partial charge in [0, 0.05) is 25.2 Å².